The monoisotopic (exact) mass is 388 g/mol. The molecule has 2 N–H and O–H groups in total. The third kappa shape index (κ3) is 5.55. The lowest BCUT2D eigenvalue weighted by molar-refractivity contribution is -0.114. The third-order valence-corrected chi connectivity index (χ3v) is 5.19. The maximum Gasteiger partial charge on any atom is 0.251 e. The van der Waals surface area contributed by atoms with Gasteiger partial charge in [0.05, 0.1) is 11.8 Å². The molecule has 3 rings (SSSR count). The topological polar surface area (TPSA) is 67.4 Å². The Labute approximate surface area is 161 Å². The molecule has 0 aromatic heterocycles. The van der Waals surface area contributed by atoms with Crippen molar-refractivity contribution >= 4 is 29.3 Å². The van der Waals surface area contributed by atoms with Gasteiger partial charge >= 0.3 is 0 Å². The van der Waals surface area contributed by atoms with Crippen LogP contribution in [0.5, 0.6) is 0 Å². The van der Waals surface area contributed by atoms with E-state index in [0.717, 1.165) is 29.2 Å². The van der Waals surface area contributed by atoms with Crippen LogP contribution in [0.15, 0.2) is 52.3 Å². The molecule has 0 aliphatic carbocycles. The van der Waals surface area contributed by atoms with Crippen LogP contribution >= 0.6 is 11.8 Å². The lowest BCUT2D eigenvalue weighted by atomic mass is 10.1. The first kappa shape index (κ1) is 19.4. The predicted molar refractivity (Wildman–Crippen MR) is 103 cm³/mol. The lowest BCUT2D eigenvalue weighted by Gasteiger charge is -2.14. The van der Waals surface area contributed by atoms with Gasteiger partial charge in [-0.15, -0.1) is 0 Å². The molecule has 0 saturated carbocycles. The van der Waals surface area contributed by atoms with Gasteiger partial charge in [0.1, 0.15) is 5.82 Å². The molecule has 7 heteroatoms. The van der Waals surface area contributed by atoms with Crippen LogP contribution in [-0.4, -0.2) is 31.1 Å². The highest BCUT2D eigenvalue weighted by atomic mass is 32.2. The second-order valence-corrected chi connectivity index (χ2v) is 7.41. The molecular weight excluding hydrogens is 367 g/mol. The van der Waals surface area contributed by atoms with E-state index in [1.165, 1.54) is 30.8 Å². The number of nitrogens with one attached hydrogen (secondary N) is 2. The summed E-state index contributed by atoms with van der Waals surface area (Å²) < 4.78 is 18.6. The second-order valence-electron chi connectivity index (χ2n) is 6.29. The van der Waals surface area contributed by atoms with Gasteiger partial charge in [-0.05, 0) is 55.3 Å². The predicted octanol–water partition coefficient (Wildman–Crippen LogP) is 3.84. The Morgan fingerprint density at radius 3 is 2.67 bits per heavy atom. The van der Waals surface area contributed by atoms with Gasteiger partial charge in [0.25, 0.3) is 5.91 Å². The van der Waals surface area contributed by atoms with Crippen molar-refractivity contribution in [2.45, 2.75) is 35.7 Å². The number of anilines is 1. The number of carbonyl (C=O) groups is 2. The van der Waals surface area contributed by atoms with E-state index in [1.807, 2.05) is 0 Å². The van der Waals surface area contributed by atoms with Gasteiger partial charge < -0.3 is 15.4 Å². The highest BCUT2D eigenvalue weighted by Gasteiger charge is 2.17. The largest absolute Gasteiger partial charge is 0.376 e. The summed E-state index contributed by atoms with van der Waals surface area (Å²) in [6.45, 7) is 2.62. The highest BCUT2D eigenvalue weighted by Crippen LogP contribution is 2.34. The summed E-state index contributed by atoms with van der Waals surface area (Å²) in [6, 6.07) is 11.2. The molecule has 142 valence electrons. The van der Waals surface area contributed by atoms with E-state index in [2.05, 4.69) is 10.6 Å². The van der Waals surface area contributed by atoms with Crippen LogP contribution in [-0.2, 0) is 9.53 Å². The Kier molecular flexibility index (Phi) is 6.47. The van der Waals surface area contributed by atoms with Gasteiger partial charge in [0, 0.05) is 35.4 Å². The summed E-state index contributed by atoms with van der Waals surface area (Å²) in [4.78, 5) is 25.6. The molecule has 1 fully saturated rings. The van der Waals surface area contributed by atoms with Crippen LogP contribution in [0.2, 0.25) is 0 Å². The van der Waals surface area contributed by atoms with Crippen molar-refractivity contribution in [3.05, 3.63) is 53.8 Å². The Bertz CT molecular complexity index is 820. The van der Waals surface area contributed by atoms with Gasteiger partial charge in [0.15, 0.2) is 0 Å². The summed E-state index contributed by atoms with van der Waals surface area (Å²) in [5.74, 6) is -0.747. The van der Waals surface area contributed by atoms with Gasteiger partial charge in [-0.3, -0.25) is 9.59 Å². The first-order valence-corrected chi connectivity index (χ1v) is 9.58. The van der Waals surface area contributed by atoms with Gasteiger partial charge in [-0.1, -0.05) is 11.8 Å². The van der Waals surface area contributed by atoms with Gasteiger partial charge in [-0.25, -0.2) is 4.39 Å². The summed E-state index contributed by atoms with van der Waals surface area (Å²) >= 11 is 1.39. The van der Waals surface area contributed by atoms with Crippen LogP contribution in [0.4, 0.5) is 10.1 Å². The SMILES string of the molecule is CC(=O)Nc1cc(C(=O)NCC2CCCO2)ccc1Sc1ccc(F)cc1. The van der Waals surface area contributed by atoms with Gasteiger partial charge in [0.2, 0.25) is 5.91 Å². The van der Waals surface area contributed by atoms with E-state index < -0.39 is 0 Å². The van der Waals surface area contributed by atoms with E-state index in [9.17, 15) is 14.0 Å². The number of hydrogen-bond acceptors (Lipinski definition) is 4. The fourth-order valence-electron chi connectivity index (χ4n) is 2.79. The van der Waals surface area contributed by atoms with Crippen LogP contribution in [0, 0.1) is 5.82 Å². The minimum absolute atomic E-state index is 0.0667. The van der Waals surface area contributed by atoms with Crippen LogP contribution in [0.3, 0.4) is 0 Å². The van der Waals surface area contributed by atoms with Crippen molar-refractivity contribution in [1.29, 1.82) is 0 Å². The number of amides is 2. The molecule has 1 saturated heterocycles. The van der Waals surface area contributed by atoms with E-state index in [4.69, 9.17) is 4.74 Å². The van der Waals surface area contributed by atoms with E-state index in [0.29, 0.717) is 17.8 Å². The number of carbonyl (C=O) groups excluding carboxylic acids is 2. The lowest BCUT2D eigenvalue weighted by Crippen LogP contribution is -2.31. The molecule has 1 unspecified atom stereocenters. The molecule has 1 aliphatic rings. The number of benzene rings is 2. The fourth-order valence-corrected chi connectivity index (χ4v) is 3.67. The van der Waals surface area contributed by atoms with E-state index in [1.54, 1.807) is 30.3 Å². The summed E-state index contributed by atoms with van der Waals surface area (Å²) in [5.41, 5.74) is 1.00. The zero-order valence-corrected chi connectivity index (χ0v) is 15.8. The number of halogens is 1. The van der Waals surface area contributed by atoms with Crippen molar-refractivity contribution in [1.82, 2.24) is 5.32 Å². The van der Waals surface area contributed by atoms with Crippen molar-refractivity contribution in [3.8, 4) is 0 Å². The zero-order chi connectivity index (χ0) is 19.2. The molecule has 2 aromatic rings. The molecule has 1 aliphatic heterocycles. The Morgan fingerprint density at radius 2 is 2.00 bits per heavy atom. The molecular formula is C20H21FN2O3S. The smallest absolute Gasteiger partial charge is 0.251 e. The molecule has 27 heavy (non-hydrogen) atoms. The first-order chi connectivity index (χ1) is 13.0. The highest BCUT2D eigenvalue weighted by molar-refractivity contribution is 7.99. The van der Waals surface area contributed by atoms with Crippen molar-refractivity contribution in [2.24, 2.45) is 0 Å². The normalized spacial score (nSPS) is 16.1. The molecule has 5 nitrogen and oxygen atoms in total. The standard InChI is InChI=1S/C20H21FN2O3S/c1-13(24)23-18-11-14(20(25)22-12-16-3-2-10-26-16)4-9-19(18)27-17-7-5-15(21)6-8-17/h4-9,11,16H,2-3,10,12H2,1H3,(H,22,25)(H,23,24). The zero-order valence-electron chi connectivity index (χ0n) is 15.0. The van der Waals surface area contributed by atoms with E-state index in [-0.39, 0.29) is 23.7 Å². The van der Waals surface area contributed by atoms with E-state index >= 15 is 0 Å². The second kappa shape index (κ2) is 9.01. The van der Waals surface area contributed by atoms with Gasteiger partial charge in [-0.2, -0.15) is 0 Å². The van der Waals surface area contributed by atoms with Crippen LogP contribution in [0.25, 0.3) is 0 Å². The maximum atomic E-state index is 13.1. The summed E-state index contributed by atoms with van der Waals surface area (Å²) in [5, 5.41) is 5.63. The van der Waals surface area contributed by atoms with Crippen molar-refractivity contribution in [3.63, 3.8) is 0 Å². The van der Waals surface area contributed by atoms with Crippen molar-refractivity contribution < 1.29 is 18.7 Å². The molecule has 2 aromatic carbocycles. The number of hydrogen-bond donors (Lipinski definition) is 2. The fraction of sp³-hybridized carbons (Fsp3) is 0.300. The molecule has 0 radical (unpaired) electrons. The number of rotatable bonds is 6. The molecule has 2 amide bonds. The van der Waals surface area contributed by atoms with Crippen LogP contribution in [0.1, 0.15) is 30.1 Å². The third-order valence-electron chi connectivity index (χ3n) is 4.11. The first-order valence-electron chi connectivity index (χ1n) is 8.76. The Balaban J connectivity index is 1.74. The molecule has 1 atom stereocenters. The van der Waals surface area contributed by atoms with Crippen molar-refractivity contribution in [2.75, 3.05) is 18.5 Å². The maximum absolute atomic E-state index is 13.1. The molecule has 1 heterocycles. The molecule has 0 spiro atoms. The summed E-state index contributed by atoms with van der Waals surface area (Å²) in [7, 11) is 0. The average molecular weight is 388 g/mol. The quantitative estimate of drug-likeness (QED) is 0.789. The minimum atomic E-state index is -0.306. The average Bonchev–Trinajstić information content (AvgIpc) is 3.16. The Morgan fingerprint density at radius 1 is 1.22 bits per heavy atom. The number of ether oxygens (including phenoxy) is 1. The molecule has 0 bridgehead atoms. The minimum Gasteiger partial charge on any atom is -0.376 e. The van der Waals surface area contributed by atoms with Crippen LogP contribution < -0.4 is 10.6 Å². The Hall–Kier alpha value is -2.38. The summed E-state index contributed by atoms with van der Waals surface area (Å²) in [6.07, 6.45) is 2.03.